The van der Waals surface area contributed by atoms with Crippen molar-refractivity contribution in [1.82, 2.24) is 19.1 Å². The lowest BCUT2D eigenvalue weighted by molar-refractivity contribution is 1.16. The molecule has 210 valence electrons. The normalized spacial score (nSPS) is 12.0. The summed E-state index contributed by atoms with van der Waals surface area (Å²) in [7, 11) is 0. The lowest BCUT2D eigenvalue weighted by Crippen LogP contribution is -1.95. The summed E-state index contributed by atoms with van der Waals surface area (Å²) in [6.07, 6.45) is 1.89. The van der Waals surface area contributed by atoms with Gasteiger partial charge in [-0.25, -0.2) is 0 Å². The Hall–Kier alpha value is -6.13. The van der Waals surface area contributed by atoms with E-state index >= 15 is 0 Å². The first-order valence-corrected chi connectivity index (χ1v) is 15.3. The Bertz CT molecular complexity index is 2760. The lowest BCUT2D eigenvalue weighted by Gasteiger charge is -2.10. The standard InChI is InChI=1S/C41H26N4/c1-2-9-28(10-3-1)44-39-21-18-29(25-34(39)41-40(44)15-8-22-42-41)45-37-14-7-5-12-32(37)33-23-26(17-20-38(33)45)27-16-19-31-30-11-4-6-13-35(30)43-36(31)24-27/h1-25,43H. The molecule has 4 heterocycles. The Kier molecular flexibility index (Phi) is 4.96. The average molecular weight is 575 g/mol. The van der Waals surface area contributed by atoms with E-state index < -0.39 is 0 Å². The van der Waals surface area contributed by atoms with Gasteiger partial charge in [-0.2, -0.15) is 0 Å². The van der Waals surface area contributed by atoms with E-state index in [-0.39, 0.29) is 0 Å². The maximum absolute atomic E-state index is 4.85. The molecule has 6 aromatic carbocycles. The summed E-state index contributed by atoms with van der Waals surface area (Å²) in [5.74, 6) is 0. The number of hydrogen-bond donors (Lipinski definition) is 1. The van der Waals surface area contributed by atoms with Crippen LogP contribution in [0.15, 0.2) is 152 Å². The monoisotopic (exact) mass is 574 g/mol. The molecule has 45 heavy (non-hydrogen) atoms. The Morgan fingerprint density at radius 2 is 1.07 bits per heavy atom. The van der Waals surface area contributed by atoms with E-state index in [0.717, 1.165) is 38.8 Å². The largest absolute Gasteiger partial charge is 0.354 e. The molecule has 0 atom stereocenters. The number of pyridine rings is 1. The van der Waals surface area contributed by atoms with Crippen LogP contribution in [-0.2, 0) is 0 Å². The van der Waals surface area contributed by atoms with Crippen LogP contribution in [0.3, 0.4) is 0 Å². The summed E-state index contributed by atoms with van der Waals surface area (Å²) in [5.41, 5.74) is 12.6. The van der Waals surface area contributed by atoms with Gasteiger partial charge in [0.25, 0.3) is 0 Å². The molecule has 0 fully saturated rings. The molecule has 0 bridgehead atoms. The number of H-pyrrole nitrogens is 1. The first-order chi connectivity index (χ1) is 22.3. The molecule has 0 aliphatic rings. The van der Waals surface area contributed by atoms with Crippen molar-refractivity contribution in [1.29, 1.82) is 0 Å². The highest BCUT2D eigenvalue weighted by atomic mass is 15.0. The number of nitrogens with zero attached hydrogens (tertiary/aromatic N) is 3. The minimum Gasteiger partial charge on any atom is -0.354 e. The van der Waals surface area contributed by atoms with Crippen molar-refractivity contribution in [3.05, 3.63) is 152 Å². The van der Waals surface area contributed by atoms with Crippen molar-refractivity contribution in [2.45, 2.75) is 0 Å². The summed E-state index contributed by atoms with van der Waals surface area (Å²) in [5, 5.41) is 6.14. The quantitative estimate of drug-likeness (QED) is 0.224. The lowest BCUT2D eigenvalue weighted by atomic mass is 10.0. The van der Waals surface area contributed by atoms with E-state index in [9.17, 15) is 0 Å². The van der Waals surface area contributed by atoms with Gasteiger partial charge in [0.1, 0.15) is 0 Å². The van der Waals surface area contributed by atoms with E-state index in [1.165, 1.54) is 49.2 Å². The number of benzene rings is 6. The van der Waals surface area contributed by atoms with Crippen LogP contribution in [0, 0.1) is 0 Å². The van der Waals surface area contributed by atoms with E-state index in [1.54, 1.807) is 0 Å². The Labute approximate surface area is 258 Å². The van der Waals surface area contributed by atoms with Crippen molar-refractivity contribution in [2.24, 2.45) is 0 Å². The Balaban J connectivity index is 1.18. The van der Waals surface area contributed by atoms with E-state index in [4.69, 9.17) is 4.98 Å². The second kappa shape index (κ2) is 9.18. The zero-order chi connectivity index (χ0) is 29.5. The van der Waals surface area contributed by atoms with Crippen LogP contribution in [0.1, 0.15) is 0 Å². The molecule has 0 spiro atoms. The summed E-state index contributed by atoms with van der Waals surface area (Å²) < 4.78 is 4.70. The zero-order valence-electron chi connectivity index (χ0n) is 24.3. The van der Waals surface area contributed by atoms with Crippen LogP contribution >= 0.6 is 0 Å². The number of para-hydroxylation sites is 3. The van der Waals surface area contributed by atoms with Crippen molar-refractivity contribution in [2.75, 3.05) is 0 Å². The number of aromatic nitrogens is 4. The minimum absolute atomic E-state index is 1.01. The number of hydrogen-bond acceptors (Lipinski definition) is 1. The molecule has 0 amide bonds. The van der Waals surface area contributed by atoms with Crippen LogP contribution in [0.25, 0.3) is 88.0 Å². The van der Waals surface area contributed by atoms with Crippen molar-refractivity contribution in [3.63, 3.8) is 0 Å². The van der Waals surface area contributed by atoms with Crippen LogP contribution in [-0.4, -0.2) is 19.1 Å². The fourth-order valence-electron chi connectivity index (χ4n) is 7.28. The third-order valence-corrected chi connectivity index (χ3v) is 9.29. The highest BCUT2D eigenvalue weighted by Crippen LogP contribution is 2.38. The highest BCUT2D eigenvalue weighted by Gasteiger charge is 2.17. The van der Waals surface area contributed by atoms with Gasteiger partial charge in [0.2, 0.25) is 0 Å². The highest BCUT2D eigenvalue weighted by molar-refractivity contribution is 6.13. The molecular formula is C41H26N4. The van der Waals surface area contributed by atoms with E-state index in [0.29, 0.717) is 0 Å². The summed E-state index contributed by atoms with van der Waals surface area (Å²) in [4.78, 5) is 8.46. The minimum atomic E-state index is 1.01. The van der Waals surface area contributed by atoms with Gasteiger partial charge in [-0.05, 0) is 83.9 Å². The van der Waals surface area contributed by atoms with Crippen LogP contribution < -0.4 is 0 Å². The molecule has 4 heteroatoms. The predicted octanol–water partition coefficient (Wildman–Crippen LogP) is 10.6. The number of fused-ring (bicyclic) bond motifs is 9. The average Bonchev–Trinajstić information content (AvgIpc) is 3.75. The first kappa shape index (κ1) is 24.3. The molecule has 1 N–H and O–H groups in total. The molecule has 0 unspecified atom stereocenters. The first-order valence-electron chi connectivity index (χ1n) is 15.3. The van der Waals surface area contributed by atoms with Gasteiger partial charge in [0.15, 0.2) is 0 Å². The Morgan fingerprint density at radius 3 is 2.00 bits per heavy atom. The topological polar surface area (TPSA) is 38.5 Å². The van der Waals surface area contributed by atoms with Crippen molar-refractivity contribution >= 4 is 65.5 Å². The molecule has 10 aromatic rings. The number of nitrogens with one attached hydrogen (secondary N) is 1. The third kappa shape index (κ3) is 3.51. The van der Waals surface area contributed by atoms with Crippen molar-refractivity contribution < 1.29 is 0 Å². The SMILES string of the molecule is c1ccc(-n2c3ccc(-n4c5ccccc5c5cc(-c6ccc7c(c6)[nH]c6ccccc67)ccc54)cc3c3ncccc32)cc1. The van der Waals surface area contributed by atoms with E-state index in [1.807, 2.05) is 12.3 Å². The van der Waals surface area contributed by atoms with Gasteiger partial charge >= 0.3 is 0 Å². The van der Waals surface area contributed by atoms with Crippen LogP contribution in [0.5, 0.6) is 0 Å². The number of aromatic amines is 1. The predicted molar refractivity (Wildman–Crippen MR) is 188 cm³/mol. The second-order valence-corrected chi connectivity index (χ2v) is 11.8. The van der Waals surface area contributed by atoms with Crippen LogP contribution in [0.4, 0.5) is 0 Å². The summed E-state index contributed by atoms with van der Waals surface area (Å²) >= 11 is 0. The van der Waals surface area contributed by atoms with Crippen molar-refractivity contribution in [3.8, 4) is 22.5 Å². The molecular weight excluding hydrogens is 548 g/mol. The summed E-state index contributed by atoms with van der Waals surface area (Å²) in [6, 6.07) is 52.3. The maximum Gasteiger partial charge on any atom is 0.0964 e. The molecule has 0 aliphatic heterocycles. The maximum atomic E-state index is 4.85. The van der Waals surface area contributed by atoms with E-state index in [2.05, 4.69) is 154 Å². The molecule has 0 radical (unpaired) electrons. The summed E-state index contributed by atoms with van der Waals surface area (Å²) in [6.45, 7) is 0. The smallest absolute Gasteiger partial charge is 0.0964 e. The van der Waals surface area contributed by atoms with Gasteiger partial charge < -0.3 is 14.1 Å². The molecule has 4 nitrogen and oxygen atoms in total. The molecule has 0 aliphatic carbocycles. The van der Waals surface area contributed by atoms with Gasteiger partial charge in [0, 0.05) is 55.5 Å². The molecule has 0 saturated heterocycles. The van der Waals surface area contributed by atoms with Gasteiger partial charge in [-0.15, -0.1) is 0 Å². The molecule has 10 rings (SSSR count). The molecule has 0 saturated carbocycles. The second-order valence-electron chi connectivity index (χ2n) is 11.8. The number of rotatable bonds is 3. The molecule has 4 aromatic heterocycles. The fraction of sp³-hybridized carbons (Fsp3) is 0. The fourth-order valence-corrected chi connectivity index (χ4v) is 7.28. The van der Waals surface area contributed by atoms with Crippen LogP contribution in [0.2, 0.25) is 0 Å². The third-order valence-electron chi connectivity index (χ3n) is 9.29. The zero-order valence-corrected chi connectivity index (χ0v) is 24.3. The van der Waals surface area contributed by atoms with Gasteiger partial charge in [0.05, 0.1) is 27.6 Å². The van der Waals surface area contributed by atoms with Gasteiger partial charge in [-0.1, -0.05) is 72.8 Å². The van der Waals surface area contributed by atoms with Gasteiger partial charge in [-0.3, -0.25) is 4.98 Å². The Morgan fingerprint density at radius 1 is 0.400 bits per heavy atom.